The molecule has 0 bridgehead atoms. The van der Waals surface area contributed by atoms with Gasteiger partial charge >= 0.3 is 0 Å². The summed E-state index contributed by atoms with van der Waals surface area (Å²) in [5.74, 6) is -0.192. The summed E-state index contributed by atoms with van der Waals surface area (Å²) in [5.41, 5.74) is 0.726. The molecule has 21 heavy (non-hydrogen) atoms. The fraction of sp³-hybridized carbons (Fsp3) is 0.500. The molecule has 7 heteroatoms. The van der Waals surface area contributed by atoms with Crippen molar-refractivity contribution in [3.05, 3.63) is 33.9 Å². The Balaban J connectivity index is 2.84. The molecule has 0 unspecified atom stereocenters. The van der Waals surface area contributed by atoms with E-state index in [-0.39, 0.29) is 11.6 Å². The minimum Gasteiger partial charge on any atom is -0.382 e. The highest BCUT2D eigenvalue weighted by Gasteiger charge is 2.17. The van der Waals surface area contributed by atoms with E-state index in [1.165, 1.54) is 23.1 Å². The molecule has 0 spiro atoms. The Bertz CT molecular complexity index is 503. The van der Waals surface area contributed by atoms with Crippen LogP contribution in [0.3, 0.4) is 0 Å². The fourth-order valence-corrected chi connectivity index (χ4v) is 1.77. The van der Waals surface area contributed by atoms with Gasteiger partial charge in [0.05, 0.1) is 4.92 Å². The second-order valence-electron chi connectivity index (χ2n) is 4.67. The van der Waals surface area contributed by atoms with Gasteiger partial charge in [-0.2, -0.15) is 0 Å². The van der Waals surface area contributed by atoms with E-state index >= 15 is 0 Å². The summed E-state index contributed by atoms with van der Waals surface area (Å²) in [6.45, 7) is 3.69. The van der Waals surface area contributed by atoms with Crippen molar-refractivity contribution in [2.24, 2.45) is 0 Å². The molecule has 0 saturated carbocycles. The fourth-order valence-electron chi connectivity index (χ4n) is 1.77. The summed E-state index contributed by atoms with van der Waals surface area (Å²) < 4.78 is 5.21. The maximum absolute atomic E-state index is 11.9. The lowest BCUT2D eigenvalue weighted by Gasteiger charge is -2.12. The highest BCUT2D eigenvalue weighted by Crippen LogP contribution is 2.25. The summed E-state index contributed by atoms with van der Waals surface area (Å²) in [4.78, 5) is 23.9. The monoisotopic (exact) mass is 295 g/mol. The first kappa shape index (κ1) is 16.9. The normalized spacial score (nSPS) is 10.2. The van der Waals surface area contributed by atoms with Crippen LogP contribution in [0.4, 0.5) is 11.4 Å². The third kappa shape index (κ3) is 5.03. The topological polar surface area (TPSA) is 84.7 Å². The van der Waals surface area contributed by atoms with Crippen LogP contribution in [0.1, 0.15) is 23.7 Å². The van der Waals surface area contributed by atoms with Gasteiger partial charge in [0.15, 0.2) is 0 Å². The maximum Gasteiger partial charge on any atom is 0.292 e. The number of carbonyl (C=O) groups is 1. The number of nitrogens with zero attached hydrogens (tertiary/aromatic N) is 2. The number of nitro groups is 1. The van der Waals surface area contributed by atoms with E-state index in [4.69, 9.17) is 4.74 Å². The van der Waals surface area contributed by atoms with Crippen molar-refractivity contribution in [3.8, 4) is 0 Å². The van der Waals surface area contributed by atoms with Crippen molar-refractivity contribution in [2.45, 2.75) is 13.3 Å². The van der Waals surface area contributed by atoms with E-state index in [0.29, 0.717) is 31.0 Å². The summed E-state index contributed by atoms with van der Waals surface area (Å²) >= 11 is 0. The Morgan fingerprint density at radius 3 is 2.71 bits per heavy atom. The molecule has 1 aromatic carbocycles. The van der Waals surface area contributed by atoms with Gasteiger partial charge in [-0.25, -0.2) is 0 Å². The van der Waals surface area contributed by atoms with Crippen molar-refractivity contribution in [1.29, 1.82) is 0 Å². The smallest absolute Gasteiger partial charge is 0.292 e. The molecule has 0 atom stereocenters. The molecule has 0 heterocycles. The molecule has 0 aromatic heterocycles. The summed E-state index contributed by atoms with van der Waals surface area (Å²) in [6.07, 6.45) is 0.733. The van der Waals surface area contributed by atoms with E-state index < -0.39 is 4.92 Å². The molecule has 1 rings (SSSR count). The third-order valence-electron chi connectivity index (χ3n) is 2.83. The predicted molar refractivity (Wildman–Crippen MR) is 80.7 cm³/mol. The first-order valence-corrected chi connectivity index (χ1v) is 6.79. The summed E-state index contributed by atoms with van der Waals surface area (Å²) in [5, 5.41) is 14.0. The van der Waals surface area contributed by atoms with E-state index in [2.05, 4.69) is 5.32 Å². The van der Waals surface area contributed by atoms with Crippen LogP contribution in [0.25, 0.3) is 0 Å². The lowest BCUT2D eigenvalue weighted by molar-refractivity contribution is -0.384. The number of nitro benzene ring substituents is 1. The number of anilines is 1. The minimum absolute atomic E-state index is 0.0401. The Labute approximate surface area is 124 Å². The van der Waals surface area contributed by atoms with Crippen LogP contribution in [0.5, 0.6) is 0 Å². The Morgan fingerprint density at radius 2 is 2.14 bits per heavy atom. The SMILES string of the molecule is CCOCCCNc1cc(C(=O)N(C)C)ccc1[N+](=O)[O-]. The van der Waals surface area contributed by atoms with Crippen LogP contribution in [-0.2, 0) is 4.74 Å². The van der Waals surface area contributed by atoms with Crippen LogP contribution in [0.2, 0.25) is 0 Å². The molecule has 0 aliphatic heterocycles. The number of rotatable bonds is 8. The Kier molecular flexibility index (Phi) is 6.61. The van der Waals surface area contributed by atoms with Crippen molar-refractivity contribution in [3.63, 3.8) is 0 Å². The van der Waals surface area contributed by atoms with Gasteiger partial charge in [-0.3, -0.25) is 14.9 Å². The van der Waals surface area contributed by atoms with Gasteiger partial charge < -0.3 is 15.0 Å². The molecule has 116 valence electrons. The molecule has 1 amide bonds. The zero-order valence-electron chi connectivity index (χ0n) is 12.6. The highest BCUT2D eigenvalue weighted by molar-refractivity contribution is 5.95. The molecular weight excluding hydrogens is 274 g/mol. The van der Waals surface area contributed by atoms with Crippen LogP contribution in [0.15, 0.2) is 18.2 Å². The average molecular weight is 295 g/mol. The van der Waals surface area contributed by atoms with Crippen LogP contribution in [-0.4, -0.2) is 49.6 Å². The highest BCUT2D eigenvalue weighted by atomic mass is 16.6. The molecular formula is C14H21N3O4. The molecule has 0 radical (unpaired) electrons. The second kappa shape index (κ2) is 8.21. The second-order valence-corrected chi connectivity index (χ2v) is 4.67. The first-order chi connectivity index (χ1) is 9.97. The number of carbonyl (C=O) groups excluding carboxylic acids is 1. The number of benzene rings is 1. The number of nitrogens with one attached hydrogen (secondary N) is 1. The lowest BCUT2D eigenvalue weighted by atomic mass is 10.1. The molecule has 1 N–H and O–H groups in total. The number of hydrogen-bond donors (Lipinski definition) is 1. The average Bonchev–Trinajstić information content (AvgIpc) is 2.45. The Morgan fingerprint density at radius 1 is 1.43 bits per heavy atom. The summed E-state index contributed by atoms with van der Waals surface area (Å²) in [6, 6.07) is 4.33. The maximum atomic E-state index is 11.9. The molecule has 0 fully saturated rings. The van der Waals surface area contributed by atoms with Gasteiger partial charge in [0.2, 0.25) is 0 Å². The summed E-state index contributed by atoms with van der Waals surface area (Å²) in [7, 11) is 3.28. The van der Waals surface area contributed by atoms with Gasteiger partial charge in [0.1, 0.15) is 5.69 Å². The standard InChI is InChI=1S/C14H21N3O4/c1-4-21-9-5-8-15-12-10-11(14(18)16(2)3)6-7-13(12)17(19)20/h6-7,10,15H,4-5,8-9H2,1-3H3. The van der Waals surface area contributed by atoms with Crippen molar-refractivity contribution >= 4 is 17.3 Å². The van der Waals surface area contributed by atoms with Crippen LogP contribution >= 0.6 is 0 Å². The number of amides is 1. The van der Waals surface area contributed by atoms with Gasteiger partial charge in [0, 0.05) is 45.5 Å². The molecule has 1 aromatic rings. The molecule has 7 nitrogen and oxygen atoms in total. The number of ether oxygens (including phenoxy) is 1. The predicted octanol–water partition coefficient (Wildman–Crippen LogP) is 2.14. The molecule has 0 saturated heterocycles. The van der Waals surface area contributed by atoms with E-state index in [1.807, 2.05) is 6.92 Å². The quantitative estimate of drug-likeness (QED) is 0.451. The van der Waals surface area contributed by atoms with Gasteiger partial charge in [0.25, 0.3) is 11.6 Å². The van der Waals surface area contributed by atoms with Crippen LogP contribution < -0.4 is 5.32 Å². The zero-order valence-corrected chi connectivity index (χ0v) is 12.6. The van der Waals surface area contributed by atoms with E-state index in [1.54, 1.807) is 14.1 Å². The largest absolute Gasteiger partial charge is 0.382 e. The zero-order chi connectivity index (χ0) is 15.8. The Hall–Kier alpha value is -2.15. The first-order valence-electron chi connectivity index (χ1n) is 6.79. The van der Waals surface area contributed by atoms with Crippen LogP contribution in [0, 0.1) is 10.1 Å². The van der Waals surface area contributed by atoms with Crippen molar-refractivity contribution in [1.82, 2.24) is 4.90 Å². The van der Waals surface area contributed by atoms with E-state index in [0.717, 1.165) is 6.42 Å². The molecule has 0 aliphatic rings. The third-order valence-corrected chi connectivity index (χ3v) is 2.83. The van der Waals surface area contributed by atoms with Gasteiger partial charge in [-0.15, -0.1) is 0 Å². The van der Waals surface area contributed by atoms with Crippen molar-refractivity contribution < 1.29 is 14.5 Å². The minimum atomic E-state index is -0.463. The number of hydrogen-bond acceptors (Lipinski definition) is 5. The molecule has 0 aliphatic carbocycles. The van der Waals surface area contributed by atoms with Gasteiger partial charge in [-0.05, 0) is 25.5 Å². The van der Waals surface area contributed by atoms with Crippen molar-refractivity contribution in [2.75, 3.05) is 39.2 Å². The lowest BCUT2D eigenvalue weighted by Crippen LogP contribution is -2.21. The van der Waals surface area contributed by atoms with E-state index in [9.17, 15) is 14.9 Å². The van der Waals surface area contributed by atoms with Gasteiger partial charge in [-0.1, -0.05) is 0 Å².